The van der Waals surface area contributed by atoms with Crippen LogP contribution in [0.25, 0.3) is 65.4 Å². The maximum absolute atomic E-state index is 11.5. The van der Waals surface area contributed by atoms with Crippen molar-refractivity contribution in [3.05, 3.63) is 104 Å². The van der Waals surface area contributed by atoms with Crippen LogP contribution in [0.5, 0.6) is 0 Å². The van der Waals surface area contributed by atoms with Gasteiger partial charge in [-0.1, -0.05) is 61.9 Å². The van der Waals surface area contributed by atoms with E-state index in [4.69, 9.17) is 69.7 Å². The molecule has 0 radical (unpaired) electrons. The minimum absolute atomic E-state index is 0.256. The summed E-state index contributed by atoms with van der Waals surface area (Å²) < 4.78 is 29.3. The quantitative estimate of drug-likeness (QED) is 0.117. The van der Waals surface area contributed by atoms with E-state index in [0.717, 1.165) is 107 Å². The van der Waals surface area contributed by atoms with Gasteiger partial charge in [-0.3, -0.25) is 9.36 Å². The Hall–Kier alpha value is -4.00. The minimum Gasteiger partial charge on any atom is -0.381 e. The van der Waals surface area contributed by atoms with Crippen molar-refractivity contribution in [3.63, 3.8) is 0 Å². The summed E-state index contributed by atoms with van der Waals surface area (Å²) in [6.07, 6.45) is 7.22. The number of nitrogens with zero attached hydrogens (tertiary/aromatic N) is 8. The van der Waals surface area contributed by atoms with Gasteiger partial charge in [-0.15, -0.1) is 0 Å². The van der Waals surface area contributed by atoms with E-state index in [1.165, 1.54) is 32.2 Å². The molecule has 3 saturated heterocycles. The average molecular weight is 1090 g/mol. The highest BCUT2D eigenvalue weighted by Gasteiger charge is 2.21. The average Bonchev–Trinajstić information content (AvgIpc) is 4.17. The molecule has 0 aliphatic carbocycles. The Bertz CT molecular complexity index is 3210. The van der Waals surface area contributed by atoms with Crippen LogP contribution < -0.4 is 15.8 Å². The lowest BCUT2D eigenvalue weighted by Gasteiger charge is -2.33. The first kappa shape index (κ1) is 51.8. The van der Waals surface area contributed by atoms with Crippen LogP contribution in [-0.4, -0.2) is 120 Å². The lowest BCUT2D eigenvalue weighted by atomic mass is 10.1. The SMILES string of the molecule is C1CCOC1.CN1CCN(c2nc3ccc(Cl)cc3c3conc23)CC1.CN1CCNCC1.Clc1ccc2nc(Cl)c3nocc3c2c1.O=P(Cl)(Cl)Cl.O=c1[nH]c2ccc(Cl)cc2c2conc12. The van der Waals surface area contributed by atoms with Crippen LogP contribution in [0.3, 0.4) is 0 Å². The molecule has 12 rings (SSSR count). The van der Waals surface area contributed by atoms with Crippen molar-refractivity contribution in [1.29, 1.82) is 0 Å². The molecule has 16 nitrogen and oxygen atoms in total. The Labute approximate surface area is 423 Å². The van der Waals surface area contributed by atoms with Gasteiger partial charge in [0, 0.05) is 102 Å². The third-order valence-electron chi connectivity index (χ3n) is 10.8. The van der Waals surface area contributed by atoms with Crippen molar-refractivity contribution >= 4 is 157 Å². The van der Waals surface area contributed by atoms with Gasteiger partial charge in [-0.2, -0.15) is 0 Å². The predicted molar refractivity (Wildman–Crippen MR) is 276 cm³/mol. The standard InChI is InChI=1S/C15H15ClN4O.C10H4Cl2N2O.C10H5ClN2O2.C5H12N2.C4H8O.Cl3OP/c1-19-4-6-20(7-5-19)15-14-12(9-21-18-14)11-8-10(16)2-3-13(11)17-15;11-5-1-2-8-6(3-5)7-4-15-14-9(7)10(12)13-8;11-5-1-2-8-6(3-5)7-4-15-13-9(7)10(14)12-8;1-7-4-2-6-3-5-7;1-2-4-5-3-1;1-5(2,3)4/h2-3,8-9H,4-7H2,1H3;1-4H;1-4H,(H,12,14);6H,2-5H2,1H3;1-4H2;. The first-order chi connectivity index (χ1) is 32.6. The number of anilines is 1. The van der Waals surface area contributed by atoms with Crippen LogP contribution >= 0.6 is 85.3 Å². The zero-order valence-electron chi connectivity index (χ0n) is 36.5. The normalized spacial score (nSPS) is 15.5. The largest absolute Gasteiger partial charge is 0.381 e. The molecule has 0 atom stereocenters. The molecule has 9 heterocycles. The number of rotatable bonds is 1. The van der Waals surface area contributed by atoms with Crippen molar-refractivity contribution in [3.8, 4) is 0 Å². The lowest BCUT2D eigenvalue weighted by Crippen LogP contribution is -2.44. The number of benzene rings is 3. The summed E-state index contributed by atoms with van der Waals surface area (Å²) >= 11 is 37.7. The number of piperazine rings is 2. The number of H-pyrrole nitrogens is 1. The van der Waals surface area contributed by atoms with Crippen molar-refractivity contribution in [2.45, 2.75) is 12.8 Å². The Morgan fingerprint density at radius 1 is 0.588 bits per heavy atom. The highest BCUT2D eigenvalue weighted by molar-refractivity contribution is 8.24. The zero-order chi connectivity index (χ0) is 48.4. The van der Waals surface area contributed by atoms with Gasteiger partial charge in [0.05, 0.1) is 27.2 Å². The predicted octanol–water partition coefficient (Wildman–Crippen LogP) is 11.9. The molecule has 6 aromatic heterocycles. The highest BCUT2D eigenvalue weighted by atomic mass is 36.0. The second kappa shape index (κ2) is 24.2. The van der Waals surface area contributed by atoms with Gasteiger partial charge in [0.1, 0.15) is 18.8 Å². The molecule has 9 aromatic rings. The number of ether oxygens (including phenoxy) is 1. The Morgan fingerprint density at radius 2 is 1.06 bits per heavy atom. The summed E-state index contributed by atoms with van der Waals surface area (Å²) in [7, 11) is 4.29. The van der Waals surface area contributed by atoms with E-state index in [9.17, 15) is 9.36 Å². The minimum atomic E-state index is -3.22. The first-order valence-electron chi connectivity index (χ1n) is 21.1. The van der Waals surface area contributed by atoms with E-state index in [0.29, 0.717) is 36.6 Å². The van der Waals surface area contributed by atoms with Gasteiger partial charge in [0.25, 0.3) is 5.56 Å². The van der Waals surface area contributed by atoms with Crippen LogP contribution in [0.2, 0.25) is 20.2 Å². The number of hydrogen-bond donors (Lipinski definition) is 2. The fourth-order valence-electron chi connectivity index (χ4n) is 7.28. The number of halogens is 7. The number of aromatic nitrogens is 6. The number of aromatic amines is 1. The van der Waals surface area contributed by atoms with E-state index >= 15 is 0 Å². The zero-order valence-corrected chi connectivity index (χ0v) is 42.7. The number of fused-ring (bicyclic) bond motifs is 9. The molecule has 360 valence electrons. The van der Waals surface area contributed by atoms with Crippen molar-refractivity contribution in [2.24, 2.45) is 0 Å². The van der Waals surface area contributed by atoms with Gasteiger partial charge in [0.15, 0.2) is 27.5 Å². The van der Waals surface area contributed by atoms with Crippen molar-refractivity contribution in [1.82, 2.24) is 45.5 Å². The number of pyridine rings is 3. The molecule has 0 saturated carbocycles. The fraction of sp³-hybridized carbons (Fsp3) is 0.318. The summed E-state index contributed by atoms with van der Waals surface area (Å²) in [5, 5.41) is 19.1. The van der Waals surface area contributed by atoms with Crippen LogP contribution in [-0.2, 0) is 9.30 Å². The second-order valence-electron chi connectivity index (χ2n) is 15.6. The Balaban J connectivity index is 0.000000130. The summed E-state index contributed by atoms with van der Waals surface area (Å²) in [5.41, 5.74) is 3.84. The summed E-state index contributed by atoms with van der Waals surface area (Å²) in [5.74, 6) is 0.904. The number of nitrogens with one attached hydrogen (secondary N) is 2. The third-order valence-corrected chi connectivity index (χ3v) is 11.7. The molecule has 0 amide bonds. The summed E-state index contributed by atoms with van der Waals surface area (Å²) in [4.78, 5) is 30.2. The molecule has 3 aromatic carbocycles. The van der Waals surface area contributed by atoms with E-state index in [2.05, 4.69) is 93.3 Å². The molecule has 3 aliphatic heterocycles. The first-order valence-corrected chi connectivity index (χ1v) is 27.0. The van der Waals surface area contributed by atoms with E-state index in [-0.39, 0.29) is 5.56 Å². The fourth-order valence-corrected chi connectivity index (χ4v) is 8.03. The van der Waals surface area contributed by atoms with Crippen LogP contribution in [0, 0.1) is 0 Å². The molecule has 3 aliphatic rings. The molecule has 0 unspecified atom stereocenters. The Kier molecular flexibility index (Phi) is 18.5. The summed E-state index contributed by atoms with van der Waals surface area (Å²) in [6.45, 7) is 10.7. The van der Waals surface area contributed by atoms with Gasteiger partial charge < -0.3 is 43.3 Å². The number of likely N-dealkylation sites (N-methyl/N-ethyl adjacent to an activating group) is 2. The molecule has 0 bridgehead atoms. The molecule has 2 N–H and O–H groups in total. The van der Waals surface area contributed by atoms with E-state index in [1.807, 2.05) is 30.3 Å². The lowest BCUT2D eigenvalue weighted by molar-refractivity contribution is 0.198. The molecule has 0 spiro atoms. The second-order valence-corrected chi connectivity index (χ2v) is 23.9. The highest BCUT2D eigenvalue weighted by Crippen LogP contribution is 2.61. The Morgan fingerprint density at radius 3 is 1.59 bits per heavy atom. The monoisotopic (exact) mass is 1080 g/mol. The molecule has 68 heavy (non-hydrogen) atoms. The van der Waals surface area contributed by atoms with Gasteiger partial charge in [-0.05, 0) is 115 Å². The third kappa shape index (κ3) is 14.1. The van der Waals surface area contributed by atoms with Gasteiger partial charge >= 0.3 is 5.20 Å². The van der Waals surface area contributed by atoms with E-state index in [1.54, 1.807) is 36.8 Å². The van der Waals surface area contributed by atoms with Crippen LogP contribution in [0.4, 0.5) is 5.82 Å². The van der Waals surface area contributed by atoms with Crippen molar-refractivity contribution in [2.75, 3.05) is 84.6 Å². The van der Waals surface area contributed by atoms with Crippen molar-refractivity contribution < 1.29 is 22.9 Å². The van der Waals surface area contributed by atoms with Gasteiger partial charge in [-0.25, -0.2) is 9.97 Å². The summed E-state index contributed by atoms with van der Waals surface area (Å²) in [6, 6.07) is 16.4. The van der Waals surface area contributed by atoms with Crippen LogP contribution in [0.1, 0.15) is 12.8 Å². The van der Waals surface area contributed by atoms with E-state index < -0.39 is 5.20 Å². The molecule has 3 fully saturated rings. The maximum atomic E-state index is 11.5. The maximum Gasteiger partial charge on any atom is 0.339 e. The van der Waals surface area contributed by atoms with Gasteiger partial charge in [0.2, 0.25) is 0 Å². The molecular weight excluding hydrogens is 1040 g/mol. The van der Waals surface area contributed by atoms with Crippen LogP contribution in [0.15, 0.2) is 91.8 Å². The number of hydrogen-bond acceptors (Lipinski definition) is 15. The molecule has 24 heteroatoms. The molecular formula is C44H44Cl7N10O6P. The topological polar surface area (TPSA) is 185 Å². The smallest absolute Gasteiger partial charge is 0.339 e.